The van der Waals surface area contributed by atoms with Gasteiger partial charge in [-0.15, -0.1) is 0 Å². The van der Waals surface area contributed by atoms with E-state index in [0.717, 1.165) is 6.42 Å². The van der Waals surface area contributed by atoms with Gasteiger partial charge in [-0.3, -0.25) is 10.1 Å². The van der Waals surface area contributed by atoms with E-state index in [-0.39, 0.29) is 10.8 Å². The Kier molecular flexibility index (Phi) is 4.29. The van der Waals surface area contributed by atoms with Crippen molar-refractivity contribution in [1.29, 1.82) is 0 Å². The maximum atomic E-state index is 10.9. The van der Waals surface area contributed by atoms with Crippen LogP contribution in [0.15, 0.2) is 0 Å². The van der Waals surface area contributed by atoms with Crippen LogP contribution in [0, 0.1) is 16.0 Å². The first-order valence-electron chi connectivity index (χ1n) is 5.36. The molecule has 5 nitrogen and oxygen atoms in total. The van der Waals surface area contributed by atoms with Crippen molar-refractivity contribution in [3.63, 3.8) is 0 Å². The Morgan fingerprint density at radius 1 is 1.56 bits per heavy atom. The molecule has 1 rings (SSSR count). The van der Waals surface area contributed by atoms with E-state index in [4.69, 9.17) is 11.6 Å². The van der Waals surface area contributed by atoms with E-state index >= 15 is 0 Å². The van der Waals surface area contributed by atoms with Gasteiger partial charge in [0, 0.05) is 13.0 Å². The molecule has 0 radical (unpaired) electrons. The normalized spacial score (nSPS) is 11.1. The molecule has 1 heterocycles. The number of aromatic nitrogens is 2. The number of halogens is 1. The van der Waals surface area contributed by atoms with Crippen LogP contribution in [0.2, 0.25) is 5.15 Å². The van der Waals surface area contributed by atoms with Gasteiger partial charge in [-0.05, 0) is 12.3 Å². The second-order valence-electron chi connectivity index (χ2n) is 4.16. The molecule has 0 fully saturated rings. The van der Waals surface area contributed by atoms with Gasteiger partial charge in [-0.1, -0.05) is 32.4 Å². The fraction of sp³-hybridized carbons (Fsp3) is 0.700. The van der Waals surface area contributed by atoms with Gasteiger partial charge in [0.15, 0.2) is 0 Å². The molecule has 0 bridgehead atoms. The highest BCUT2D eigenvalue weighted by molar-refractivity contribution is 6.31. The summed E-state index contributed by atoms with van der Waals surface area (Å²) in [5, 5.41) is 15.3. The zero-order valence-electron chi connectivity index (χ0n) is 9.73. The van der Waals surface area contributed by atoms with Crippen molar-refractivity contribution in [2.75, 3.05) is 0 Å². The molecule has 0 aromatic carbocycles. The Labute approximate surface area is 99.5 Å². The van der Waals surface area contributed by atoms with E-state index in [0.29, 0.717) is 24.6 Å². The summed E-state index contributed by atoms with van der Waals surface area (Å²) >= 11 is 5.95. The van der Waals surface area contributed by atoms with Crippen LogP contribution >= 0.6 is 11.6 Å². The number of hydrogen-bond acceptors (Lipinski definition) is 3. The molecule has 0 saturated carbocycles. The van der Waals surface area contributed by atoms with E-state index in [1.54, 1.807) is 0 Å². The first-order chi connectivity index (χ1) is 7.47. The van der Waals surface area contributed by atoms with Crippen molar-refractivity contribution in [3.8, 4) is 0 Å². The van der Waals surface area contributed by atoms with E-state index in [2.05, 4.69) is 5.10 Å². The molecule has 0 amide bonds. The Hall–Kier alpha value is -1.10. The van der Waals surface area contributed by atoms with Gasteiger partial charge in [0.05, 0.1) is 4.92 Å². The molecule has 0 aliphatic heterocycles. The van der Waals surface area contributed by atoms with Crippen molar-refractivity contribution in [1.82, 2.24) is 9.78 Å². The summed E-state index contributed by atoms with van der Waals surface area (Å²) < 4.78 is 1.51. The standard InChI is InChI=1S/C10H16ClN3O2/c1-4-5-13-10(11)9(14(15)16)8(12-13)6-7(2)3/h7H,4-6H2,1-3H3. The summed E-state index contributed by atoms with van der Waals surface area (Å²) in [4.78, 5) is 10.5. The number of rotatable bonds is 5. The van der Waals surface area contributed by atoms with Crippen molar-refractivity contribution in [2.24, 2.45) is 5.92 Å². The maximum Gasteiger partial charge on any atom is 0.329 e. The monoisotopic (exact) mass is 245 g/mol. The molecule has 0 unspecified atom stereocenters. The molecule has 90 valence electrons. The van der Waals surface area contributed by atoms with Crippen LogP contribution in [-0.2, 0) is 13.0 Å². The highest BCUT2D eigenvalue weighted by Gasteiger charge is 2.26. The molecule has 0 aliphatic rings. The SMILES string of the molecule is CCCn1nc(CC(C)C)c([N+](=O)[O-])c1Cl. The molecular weight excluding hydrogens is 230 g/mol. The van der Waals surface area contributed by atoms with Gasteiger partial charge < -0.3 is 0 Å². The van der Waals surface area contributed by atoms with Gasteiger partial charge in [0.25, 0.3) is 0 Å². The molecule has 0 N–H and O–H groups in total. The van der Waals surface area contributed by atoms with E-state index < -0.39 is 4.92 Å². The third kappa shape index (κ3) is 2.72. The number of hydrogen-bond donors (Lipinski definition) is 0. The van der Waals surface area contributed by atoms with E-state index in [1.807, 2.05) is 20.8 Å². The van der Waals surface area contributed by atoms with E-state index in [9.17, 15) is 10.1 Å². The van der Waals surface area contributed by atoms with Gasteiger partial charge in [0.1, 0.15) is 5.69 Å². The van der Waals surface area contributed by atoms with Crippen LogP contribution in [0.25, 0.3) is 0 Å². The minimum Gasteiger partial charge on any atom is -0.258 e. The first-order valence-corrected chi connectivity index (χ1v) is 5.74. The summed E-state index contributed by atoms with van der Waals surface area (Å²) in [6, 6.07) is 0. The fourth-order valence-electron chi connectivity index (χ4n) is 1.54. The lowest BCUT2D eigenvalue weighted by atomic mass is 10.1. The molecule has 16 heavy (non-hydrogen) atoms. The summed E-state index contributed by atoms with van der Waals surface area (Å²) in [6.45, 7) is 6.58. The van der Waals surface area contributed by atoms with Crippen LogP contribution in [0.4, 0.5) is 5.69 Å². The molecule has 0 atom stereocenters. The number of aryl methyl sites for hydroxylation is 1. The highest BCUT2D eigenvalue weighted by atomic mass is 35.5. The van der Waals surface area contributed by atoms with Crippen LogP contribution < -0.4 is 0 Å². The molecule has 1 aromatic rings. The van der Waals surface area contributed by atoms with Gasteiger partial charge in [-0.2, -0.15) is 5.10 Å². The molecular formula is C10H16ClN3O2. The van der Waals surface area contributed by atoms with Gasteiger partial charge in [-0.25, -0.2) is 4.68 Å². The third-order valence-corrected chi connectivity index (χ3v) is 2.53. The first kappa shape index (κ1) is 13.0. The topological polar surface area (TPSA) is 61.0 Å². The Balaban J connectivity index is 3.14. The number of nitro groups is 1. The highest BCUT2D eigenvalue weighted by Crippen LogP contribution is 2.30. The van der Waals surface area contributed by atoms with Crippen LogP contribution in [0.5, 0.6) is 0 Å². The molecule has 0 aliphatic carbocycles. The fourth-order valence-corrected chi connectivity index (χ4v) is 1.84. The molecule has 0 saturated heterocycles. The molecule has 1 aromatic heterocycles. The van der Waals surface area contributed by atoms with Crippen molar-refractivity contribution in [3.05, 3.63) is 21.0 Å². The minimum atomic E-state index is -0.445. The molecule has 6 heteroatoms. The second kappa shape index (κ2) is 5.30. The number of nitrogens with zero attached hydrogens (tertiary/aromatic N) is 3. The zero-order chi connectivity index (χ0) is 12.3. The summed E-state index contributed by atoms with van der Waals surface area (Å²) in [5.41, 5.74) is 0.447. The van der Waals surface area contributed by atoms with Crippen LogP contribution in [0.1, 0.15) is 32.9 Å². The lowest BCUT2D eigenvalue weighted by Crippen LogP contribution is -2.01. The smallest absolute Gasteiger partial charge is 0.258 e. The maximum absolute atomic E-state index is 10.9. The van der Waals surface area contributed by atoms with Gasteiger partial charge >= 0.3 is 5.69 Å². The Bertz CT molecular complexity index is 388. The van der Waals surface area contributed by atoms with Crippen molar-refractivity contribution in [2.45, 2.75) is 40.2 Å². The summed E-state index contributed by atoms with van der Waals surface area (Å²) in [6.07, 6.45) is 1.42. The van der Waals surface area contributed by atoms with Crippen molar-refractivity contribution < 1.29 is 4.92 Å². The quantitative estimate of drug-likeness (QED) is 0.592. The lowest BCUT2D eigenvalue weighted by molar-refractivity contribution is -0.385. The second-order valence-corrected chi connectivity index (χ2v) is 4.52. The summed E-state index contributed by atoms with van der Waals surface area (Å²) in [7, 11) is 0. The third-order valence-electron chi connectivity index (χ3n) is 2.16. The average molecular weight is 246 g/mol. The van der Waals surface area contributed by atoms with Crippen LogP contribution in [-0.4, -0.2) is 14.7 Å². The van der Waals surface area contributed by atoms with Crippen LogP contribution in [0.3, 0.4) is 0 Å². The van der Waals surface area contributed by atoms with Gasteiger partial charge in [0.2, 0.25) is 5.15 Å². The molecule has 0 spiro atoms. The van der Waals surface area contributed by atoms with E-state index in [1.165, 1.54) is 4.68 Å². The predicted octanol–water partition coefficient (Wildman–Crippen LogP) is 3.05. The average Bonchev–Trinajstić information content (AvgIpc) is 2.42. The Morgan fingerprint density at radius 3 is 2.62 bits per heavy atom. The Morgan fingerprint density at radius 2 is 2.19 bits per heavy atom. The largest absolute Gasteiger partial charge is 0.329 e. The predicted molar refractivity (Wildman–Crippen MR) is 62.7 cm³/mol. The lowest BCUT2D eigenvalue weighted by Gasteiger charge is -1.99. The zero-order valence-corrected chi connectivity index (χ0v) is 10.5. The minimum absolute atomic E-state index is 0.0381. The summed E-state index contributed by atoms with van der Waals surface area (Å²) in [5.74, 6) is 0.319. The van der Waals surface area contributed by atoms with Crippen molar-refractivity contribution >= 4 is 17.3 Å².